The van der Waals surface area contributed by atoms with Crippen molar-refractivity contribution in [3.05, 3.63) is 30.6 Å². The van der Waals surface area contributed by atoms with E-state index in [0.29, 0.717) is 0 Å². The Hall–Kier alpha value is -2.00. The van der Waals surface area contributed by atoms with E-state index in [9.17, 15) is 22.6 Å². The van der Waals surface area contributed by atoms with Gasteiger partial charge in [-0.05, 0) is 0 Å². The molecule has 0 saturated heterocycles. The first-order valence-corrected chi connectivity index (χ1v) is 7.29. The van der Waals surface area contributed by atoms with Crippen LogP contribution in [-0.4, -0.2) is 42.8 Å². The molecule has 0 radical (unpaired) electrons. The number of pyridine rings is 1. The Kier molecular flexibility index (Phi) is 5.02. The van der Waals surface area contributed by atoms with E-state index < -0.39 is 34.3 Å². The average molecular weight is 316 g/mol. The fourth-order valence-corrected chi connectivity index (χ4v) is 2.55. The van der Waals surface area contributed by atoms with Crippen LogP contribution in [0.15, 0.2) is 30.6 Å². The maximum atomic E-state index is 12.0. The number of esters is 1. The van der Waals surface area contributed by atoms with Crippen LogP contribution >= 0.6 is 0 Å². The zero-order valence-corrected chi connectivity index (χ0v) is 12.7. The zero-order valence-electron chi connectivity index (χ0n) is 11.8. The molecular formula is C12H16N2O6S. The van der Waals surface area contributed by atoms with Gasteiger partial charge in [-0.25, -0.2) is 17.5 Å². The number of aromatic nitrogens is 1. The van der Waals surface area contributed by atoms with E-state index in [4.69, 9.17) is 0 Å². The van der Waals surface area contributed by atoms with Crippen LogP contribution in [0.3, 0.4) is 0 Å². The fourth-order valence-electron chi connectivity index (χ4n) is 1.83. The van der Waals surface area contributed by atoms with Gasteiger partial charge in [0.05, 0.1) is 7.11 Å². The molecule has 0 aliphatic heterocycles. The number of carbonyl (C=O) groups excluding carboxylic acids is 2. The third-order valence-electron chi connectivity index (χ3n) is 2.98. The largest absolute Gasteiger partial charge is 0.731 e. The predicted octanol–water partition coefficient (Wildman–Crippen LogP) is -0.829. The lowest BCUT2D eigenvalue weighted by Crippen LogP contribution is -2.65. The van der Waals surface area contributed by atoms with Crippen LogP contribution in [0, 0.1) is 0 Å². The summed E-state index contributed by atoms with van der Waals surface area (Å²) in [6.45, 7) is 1.65. The second-order valence-electron chi connectivity index (χ2n) is 4.53. The van der Waals surface area contributed by atoms with E-state index in [1.54, 1.807) is 18.2 Å². The normalized spacial score (nSPS) is 14.1. The summed E-state index contributed by atoms with van der Waals surface area (Å²) in [6.07, 6.45) is 3.01. The molecule has 0 unspecified atom stereocenters. The third-order valence-corrected chi connectivity index (χ3v) is 3.91. The molecule has 0 aliphatic carbocycles. The van der Waals surface area contributed by atoms with Gasteiger partial charge in [-0.15, -0.1) is 0 Å². The van der Waals surface area contributed by atoms with Crippen LogP contribution in [0.25, 0.3) is 0 Å². The van der Waals surface area contributed by atoms with Gasteiger partial charge in [0.25, 0.3) is 5.54 Å². The standard InChI is InChI=1S/C12H16N2O6S/c1-10(15)14(21(17,18)19)9-12(2,11(16)20-3)13-7-5-4-6-8-13/h4-8H,9H2,1-3H3/t12-/m0/s1. The Bertz CT molecular complexity index is 630. The van der Waals surface area contributed by atoms with Gasteiger partial charge in [0.2, 0.25) is 5.91 Å². The highest BCUT2D eigenvalue weighted by Gasteiger charge is 2.47. The van der Waals surface area contributed by atoms with Crippen LogP contribution in [0.1, 0.15) is 13.8 Å². The van der Waals surface area contributed by atoms with Gasteiger partial charge in [0, 0.05) is 26.0 Å². The minimum absolute atomic E-state index is 0.101. The third kappa shape index (κ3) is 3.76. The summed E-state index contributed by atoms with van der Waals surface area (Å²) in [5.41, 5.74) is -1.56. The number of hydrogen-bond acceptors (Lipinski definition) is 6. The molecule has 21 heavy (non-hydrogen) atoms. The van der Waals surface area contributed by atoms with Crippen molar-refractivity contribution in [2.75, 3.05) is 13.7 Å². The van der Waals surface area contributed by atoms with Gasteiger partial charge in [0.15, 0.2) is 22.7 Å². The highest BCUT2D eigenvalue weighted by Crippen LogP contribution is 2.15. The maximum Gasteiger partial charge on any atom is 0.380 e. The molecule has 8 nitrogen and oxygen atoms in total. The van der Waals surface area contributed by atoms with E-state index in [0.717, 1.165) is 14.0 Å². The highest BCUT2D eigenvalue weighted by molar-refractivity contribution is 7.83. The van der Waals surface area contributed by atoms with Crippen LogP contribution in [0.2, 0.25) is 0 Å². The molecule has 116 valence electrons. The van der Waals surface area contributed by atoms with Crippen molar-refractivity contribution < 1.29 is 31.9 Å². The zero-order chi connectivity index (χ0) is 16.3. The molecule has 0 aromatic carbocycles. The lowest BCUT2D eigenvalue weighted by Gasteiger charge is -2.30. The van der Waals surface area contributed by atoms with Crippen molar-refractivity contribution in [3.8, 4) is 0 Å². The number of rotatable bonds is 5. The Morgan fingerprint density at radius 3 is 2.19 bits per heavy atom. The first-order chi connectivity index (χ1) is 9.63. The van der Waals surface area contributed by atoms with Crippen molar-refractivity contribution in [2.45, 2.75) is 19.4 Å². The fraction of sp³-hybridized carbons (Fsp3) is 0.417. The predicted molar refractivity (Wildman–Crippen MR) is 69.4 cm³/mol. The summed E-state index contributed by atoms with van der Waals surface area (Å²) in [7, 11) is -3.90. The molecule has 1 heterocycles. The molecule has 0 fully saturated rings. The molecule has 0 N–H and O–H groups in total. The second kappa shape index (κ2) is 6.19. The number of nitrogens with zero attached hydrogens (tertiary/aromatic N) is 2. The topological polar surface area (TPSA) is 108 Å². The molecule has 1 aromatic rings. The van der Waals surface area contributed by atoms with E-state index in [-0.39, 0.29) is 4.31 Å². The summed E-state index contributed by atoms with van der Waals surface area (Å²) < 4.78 is 39.7. The molecule has 0 aliphatic rings. The lowest BCUT2D eigenvalue weighted by atomic mass is 10.0. The summed E-state index contributed by atoms with van der Waals surface area (Å²) in [5, 5.41) is 0. The van der Waals surface area contributed by atoms with Gasteiger partial charge >= 0.3 is 5.97 Å². The van der Waals surface area contributed by atoms with Crippen LogP contribution < -0.4 is 4.57 Å². The molecule has 1 rings (SSSR count). The number of methoxy groups -OCH3 is 1. The van der Waals surface area contributed by atoms with E-state index >= 15 is 0 Å². The Morgan fingerprint density at radius 1 is 1.29 bits per heavy atom. The summed E-state index contributed by atoms with van der Waals surface area (Å²) in [4.78, 5) is 23.4. The first-order valence-electron chi connectivity index (χ1n) is 5.92. The molecular weight excluding hydrogens is 300 g/mol. The van der Waals surface area contributed by atoms with Crippen molar-refractivity contribution in [3.63, 3.8) is 0 Å². The maximum absolute atomic E-state index is 12.0. The van der Waals surface area contributed by atoms with E-state index in [1.807, 2.05) is 0 Å². The van der Waals surface area contributed by atoms with Crippen LogP contribution in [0.4, 0.5) is 0 Å². The monoisotopic (exact) mass is 316 g/mol. The second-order valence-corrected chi connectivity index (χ2v) is 5.83. The molecule has 0 saturated carbocycles. The van der Waals surface area contributed by atoms with Crippen LogP contribution in [-0.2, 0) is 30.2 Å². The van der Waals surface area contributed by atoms with Gasteiger partial charge < -0.3 is 9.29 Å². The minimum atomic E-state index is -5.03. The van der Waals surface area contributed by atoms with Gasteiger partial charge in [-0.2, -0.15) is 4.57 Å². The molecule has 9 heteroatoms. The minimum Gasteiger partial charge on any atom is -0.731 e. The summed E-state index contributed by atoms with van der Waals surface area (Å²) in [6, 6.07) is 4.93. The molecule has 1 amide bonds. The number of amides is 1. The highest BCUT2D eigenvalue weighted by atomic mass is 32.2. The first kappa shape index (κ1) is 17.1. The number of hydrogen-bond donors (Lipinski definition) is 0. The van der Waals surface area contributed by atoms with Gasteiger partial charge in [-0.3, -0.25) is 4.79 Å². The summed E-state index contributed by atoms with van der Waals surface area (Å²) in [5.74, 6) is -1.76. The molecule has 0 spiro atoms. The van der Waals surface area contributed by atoms with Crippen molar-refractivity contribution >= 4 is 22.2 Å². The van der Waals surface area contributed by atoms with Crippen molar-refractivity contribution in [1.82, 2.24) is 4.31 Å². The SMILES string of the molecule is COC(=O)[C@](C)(CN(C(C)=O)S(=O)(=O)[O-])[n+]1ccccc1. The van der Waals surface area contributed by atoms with Crippen molar-refractivity contribution in [1.29, 1.82) is 0 Å². The quantitative estimate of drug-likeness (QED) is 0.399. The molecule has 0 bridgehead atoms. The molecule has 1 atom stereocenters. The Labute approximate surface area is 122 Å². The van der Waals surface area contributed by atoms with Crippen molar-refractivity contribution in [2.24, 2.45) is 0 Å². The van der Waals surface area contributed by atoms with E-state index in [1.165, 1.54) is 23.9 Å². The molecule has 1 aromatic heterocycles. The van der Waals surface area contributed by atoms with E-state index in [2.05, 4.69) is 4.74 Å². The Balaban J connectivity index is 3.34. The smallest absolute Gasteiger partial charge is 0.380 e. The van der Waals surface area contributed by atoms with Crippen LogP contribution in [0.5, 0.6) is 0 Å². The Morgan fingerprint density at radius 2 is 1.81 bits per heavy atom. The number of ether oxygens (including phenoxy) is 1. The van der Waals surface area contributed by atoms with Gasteiger partial charge in [0.1, 0.15) is 6.54 Å². The summed E-state index contributed by atoms with van der Waals surface area (Å²) >= 11 is 0. The average Bonchev–Trinajstić information content (AvgIpc) is 2.42. The number of carbonyl (C=O) groups is 2. The van der Waals surface area contributed by atoms with Gasteiger partial charge in [-0.1, -0.05) is 6.07 Å². The lowest BCUT2D eigenvalue weighted by molar-refractivity contribution is -0.746.